The third-order valence-corrected chi connectivity index (χ3v) is 4.58. The van der Waals surface area contributed by atoms with Gasteiger partial charge in [-0.15, -0.1) is 0 Å². The molecule has 10 heteroatoms. The maximum absolute atomic E-state index is 14.1. The molecule has 1 amide bonds. The van der Waals surface area contributed by atoms with Gasteiger partial charge < -0.3 is 15.0 Å². The van der Waals surface area contributed by atoms with Gasteiger partial charge in [0.15, 0.2) is 0 Å². The molecule has 2 heterocycles. The molecule has 6 nitrogen and oxygen atoms in total. The van der Waals surface area contributed by atoms with Crippen molar-refractivity contribution in [3.05, 3.63) is 71.6 Å². The lowest BCUT2D eigenvalue weighted by molar-refractivity contribution is -0.0499. The van der Waals surface area contributed by atoms with Crippen LogP contribution in [0.3, 0.4) is 0 Å². The maximum atomic E-state index is 14.1. The largest absolute Gasteiger partial charge is 0.435 e. The van der Waals surface area contributed by atoms with E-state index in [2.05, 4.69) is 15.2 Å². The summed E-state index contributed by atoms with van der Waals surface area (Å²) in [6, 6.07) is 10.7. The molecular weight excluding hydrogens is 404 g/mol. The van der Waals surface area contributed by atoms with Crippen molar-refractivity contribution in [3.8, 4) is 5.75 Å². The number of ether oxygens (including phenoxy) is 1. The lowest BCUT2D eigenvalue weighted by Gasteiger charge is -2.27. The number of nitrogens with zero attached hydrogens (tertiary/aromatic N) is 3. The van der Waals surface area contributed by atoms with Crippen LogP contribution in [0.4, 0.5) is 28.9 Å². The molecule has 1 aliphatic heterocycles. The Labute approximate surface area is 168 Å². The van der Waals surface area contributed by atoms with Gasteiger partial charge in [-0.1, -0.05) is 6.07 Å². The van der Waals surface area contributed by atoms with Crippen LogP contribution in [0.15, 0.2) is 48.5 Å². The van der Waals surface area contributed by atoms with Crippen LogP contribution in [0, 0.1) is 11.6 Å². The average molecular weight is 420 g/mol. The van der Waals surface area contributed by atoms with E-state index >= 15 is 0 Å². The number of nitrogens with one attached hydrogen (secondary N) is 1. The second kappa shape index (κ2) is 8.05. The van der Waals surface area contributed by atoms with E-state index in [4.69, 9.17) is 0 Å². The quantitative estimate of drug-likeness (QED) is 0.612. The minimum Gasteiger partial charge on any atom is -0.435 e. The van der Waals surface area contributed by atoms with Gasteiger partial charge in [0.1, 0.15) is 23.1 Å². The van der Waals surface area contributed by atoms with Gasteiger partial charge in [-0.2, -0.15) is 13.9 Å². The van der Waals surface area contributed by atoms with E-state index in [1.807, 2.05) is 0 Å². The molecule has 3 aromatic rings. The first-order valence-electron chi connectivity index (χ1n) is 9.03. The first kappa shape index (κ1) is 19.7. The molecule has 0 saturated carbocycles. The van der Waals surface area contributed by atoms with Gasteiger partial charge in [0.2, 0.25) is 0 Å². The number of hydrogen-bond acceptors (Lipinski definition) is 4. The number of hydrogen-bond donors (Lipinski definition) is 1. The minimum atomic E-state index is -3.04. The molecule has 2 aromatic carbocycles. The zero-order valence-corrected chi connectivity index (χ0v) is 15.5. The lowest BCUT2D eigenvalue weighted by atomic mass is 10.2. The molecule has 0 fully saturated rings. The fraction of sp³-hybridized carbons (Fsp3) is 0.200. The molecule has 30 heavy (non-hydrogen) atoms. The van der Waals surface area contributed by atoms with Crippen molar-refractivity contribution in [1.82, 2.24) is 9.78 Å². The van der Waals surface area contributed by atoms with Gasteiger partial charge in [0.05, 0.1) is 24.5 Å². The number of aromatic nitrogens is 2. The topological polar surface area (TPSA) is 59.4 Å². The first-order valence-corrected chi connectivity index (χ1v) is 9.03. The fourth-order valence-electron chi connectivity index (χ4n) is 3.23. The summed E-state index contributed by atoms with van der Waals surface area (Å²) in [5, 5.41) is 7.15. The van der Waals surface area contributed by atoms with E-state index in [9.17, 15) is 22.4 Å². The number of fused-ring (bicyclic) bond motifs is 1. The van der Waals surface area contributed by atoms with E-state index in [0.29, 0.717) is 30.2 Å². The number of amides is 1. The van der Waals surface area contributed by atoms with Crippen LogP contribution in [0.5, 0.6) is 5.75 Å². The summed E-state index contributed by atoms with van der Waals surface area (Å²) in [4.78, 5) is 14.3. The SMILES string of the molecule is O=C1c2cc(CNc3ccc(OC(F)F)cc3F)nn2CCN1c1cccc(F)c1. The van der Waals surface area contributed by atoms with Crippen LogP contribution in [-0.2, 0) is 13.1 Å². The Kier molecular flexibility index (Phi) is 5.30. The molecule has 156 valence electrons. The summed E-state index contributed by atoms with van der Waals surface area (Å²) in [5.74, 6) is -1.79. The molecule has 0 saturated heterocycles. The molecule has 1 N–H and O–H groups in total. The Balaban J connectivity index is 1.46. The van der Waals surface area contributed by atoms with Crippen molar-refractivity contribution in [1.29, 1.82) is 0 Å². The van der Waals surface area contributed by atoms with Crippen LogP contribution in [0.1, 0.15) is 16.2 Å². The molecule has 0 radical (unpaired) electrons. The Bertz CT molecular complexity index is 1090. The van der Waals surface area contributed by atoms with Crippen molar-refractivity contribution >= 4 is 17.3 Å². The van der Waals surface area contributed by atoms with Crippen molar-refractivity contribution < 1.29 is 27.1 Å². The molecule has 1 aliphatic rings. The summed E-state index contributed by atoms with van der Waals surface area (Å²) in [5.41, 5.74) is 1.37. The number of carbonyl (C=O) groups excluding carboxylic acids is 1. The predicted molar refractivity (Wildman–Crippen MR) is 101 cm³/mol. The highest BCUT2D eigenvalue weighted by atomic mass is 19.3. The van der Waals surface area contributed by atoms with Crippen molar-refractivity contribution in [2.75, 3.05) is 16.8 Å². The number of carbonyl (C=O) groups is 1. The monoisotopic (exact) mass is 420 g/mol. The van der Waals surface area contributed by atoms with E-state index < -0.39 is 18.2 Å². The zero-order valence-electron chi connectivity index (χ0n) is 15.5. The first-order chi connectivity index (χ1) is 14.4. The number of alkyl halides is 2. The standard InChI is InChI=1S/C20H16F4N4O2/c21-12-2-1-3-14(8-12)27-6-7-28-18(19(27)29)9-13(26-28)11-25-17-5-4-15(10-16(17)22)30-20(23)24/h1-5,8-10,20,25H,6-7,11H2. The third kappa shape index (κ3) is 4.07. The third-order valence-electron chi connectivity index (χ3n) is 4.58. The van der Waals surface area contributed by atoms with Crippen molar-refractivity contribution in [2.24, 2.45) is 0 Å². The van der Waals surface area contributed by atoms with Crippen molar-refractivity contribution in [3.63, 3.8) is 0 Å². The number of rotatable bonds is 6. The van der Waals surface area contributed by atoms with E-state index in [-0.39, 0.29) is 23.9 Å². The Hall–Kier alpha value is -3.56. The highest BCUT2D eigenvalue weighted by molar-refractivity contribution is 6.05. The number of benzene rings is 2. The highest BCUT2D eigenvalue weighted by Gasteiger charge is 2.27. The van der Waals surface area contributed by atoms with Gasteiger partial charge in [-0.05, 0) is 36.4 Å². The molecular formula is C20H16F4N4O2. The summed E-state index contributed by atoms with van der Waals surface area (Å²) < 4.78 is 57.7. The van der Waals surface area contributed by atoms with Crippen LogP contribution in [-0.4, -0.2) is 28.8 Å². The fourth-order valence-corrected chi connectivity index (χ4v) is 3.23. The molecule has 0 spiro atoms. The molecule has 4 rings (SSSR count). The van der Waals surface area contributed by atoms with Gasteiger partial charge in [0, 0.05) is 18.3 Å². The average Bonchev–Trinajstić information content (AvgIpc) is 3.11. The molecule has 1 aromatic heterocycles. The van der Waals surface area contributed by atoms with Crippen LogP contribution in [0.25, 0.3) is 0 Å². The second-order valence-corrected chi connectivity index (χ2v) is 6.55. The van der Waals surface area contributed by atoms with Gasteiger partial charge in [-0.3, -0.25) is 9.48 Å². The Morgan fingerprint density at radius 2 is 1.93 bits per heavy atom. The molecule has 0 unspecified atom stereocenters. The van der Waals surface area contributed by atoms with Gasteiger partial charge >= 0.3 is 6.61 Å². The van der Waals surface area contributed by atoms with Crippen LogP contribution >= 0.6 is 0 Å². The number of anilines is 2. The highest BCUT2D eigenvalue weighted by Crippen LogP contribution is 2.24. The Morgan fingerprint density at radius 1 is 1.10 bits per heavy atom. The molecule has 0 atom stereocenters. The van der Waals surface area contributed by atoms with E-state index in [1.54, 1.807) is 16.8 Å². The smallest absolute Gasteiger partial charge is 0.387 e. The maximum Gasteiger partial charge on any atom is 0.387 e. The van der Waals surface area contributed by atoms with Crippen LogP contribution in [0.2, 0.25) is 0 Å². The minimum absolute atomic E-state index is 0.0790. The lowest BCUT2D eigenvalue weighted by Crippen LogP contribution is -2.40. The predicted octanol–water partition coefficient (Wildman–Crippen LogP) is 4.04. The van der Waals surface area contributed by atoms with E-state index in [0.717, 1.165) is 6.07 Å². The Morgan fingerprint density at radius 3 is 2.67 bits per heavy atom. The molecule has 0 bridgehead atoms. The zero-order chi connectivity index (χ0) is 21.3. The number of halogens is 4. The summed E-state index contributed by atoms with van der Waals surface area (Å²) in [6.07, 6.45) is 0. The summed E-state index contributed by atoms with van der Waals surface area (Å²) in [6.45, 7) is -2.17. The van der Waals surface area contributed by atoms with Gasteiger partial charge in [-0.25, -0.2) is 8.78 Å². The van der Waals surface area contributed by atoms with Crippen LogP contribution < -0.4 is 15.0 Å². The summed E-state index contributed by atoms with van der Waals surface area (Å²) >= 11 is 0. The van der Waals surface area contributed by atoms with Crippen molar-refractivity contribution in [2.45, 2.75) is 19.7 Å². The van der Waals surface area contributed by atoms with E-state index in [1.165, 1.54) is 35.2 Å². The second-order valence-electron chi connectivity index (χ2n) is 6.55. The summed E-state index contributed by atoms with van der Waals surface area (Å²) in [7, 11) is 0. The van der Waals surface area contributed by atoms with Gasteiger partial charge in [0.25, 0.3) is 5.91 Å². The normalized spacial score (nSPS) is 13.5. The molecule has 0 aliphatic carbocycles.